The van der Waals surface area contributed by atoms with Crippen LogP contribution in [0.4, 0.5) is 4.79 Å². The van der Waals surface area contributed by atoms with Crippen LogP contribution in [0.3, 0.4) is 0 Å². The summed E-state index contributed by atoms with van der Waals surface area (Å²) in [5, 5.41) is 0. The van der Waals surface area contributed by atoms with E-state index in [1.165, 1.54) is 11.1 Å². The van der Waals surface area contributed by atoms with E-state index >= 15 is 0 Å². The molecule has 0 N–H and O–H groups in total. The highest BCUT2D eigenvalue weighted by atomic mass is 16.6. The molecule has 2 heterocycles. The van der Waals surface area contributed by atoms with Gasteiger partial charge in [-0.3, -0.25) is 4.90 Å². The third-order valence-corrected chi connectivity index (χ3v) is 4.85. The Kier molecular flexibility index (Phi) is 4.32. The van der Waals surface area contributed by atoms with Crippen LogP contribution < -0.4 is 4.74 Å². The van der Waals surface area contributed by atoms with E-state index in [2.05, 4.69) is 29.2 Å². The molecule has 1 saturated heterocycles. The van der Waals surface area contributed by atoms with Crippen molar-refractivity contribution < 1.29 is 14.3 Å². The van der Waals surface area contributed by atoms with Crippen molar-refractivity contribution in [2.45, 2.75) is 13.0 Å². The van der Waals surface area contributed by atoms with Crippen LogP contribution in [0, 0.1) is 0 Å². The third-order valence-electron chi connectivity index (χ3n) is 4.85. The van der Waals surface area contributed by atoms with Gasteiger partial charge in [-0.2, -0.15) is 0 Å². The highest BCUT2D eigenvalue weighted by Crippen LogP contribution is 2.45. The number of rotatable bonds is 2. The minimum atomic E-state index is -0.213. The molecule has 0 aliphatic carbocycles. The maximum absolute atomic E-state index is 11.9. The number of fused-ring (bicyclic) bond motifs is 2. The summed E-state index contributed by atoms with van der Waals surface area (Å²) in [5.41, 5.74) is 2.37. The predicted molar refractivity (Wildman–Crippen MR) is 95.0 cm³/mol. The molecule has 4 rings (SSSR count). The van der Waals surface area contributed by atoms with E-state index in [-0.39, 0.29) is 12.1 Å². The molecule has 0 aromatic heterocycles. The summed E-state index contributed by atoms with van der Waals surface area (Å²) in [6.45, 7) is 5.24. The number of carbonyl (C=O) groups excluding carboxylic acids is 1. The number of piperazine rings is 1. The SMILES string of the molecule is CCOC(=O)N1CCN(C2c3ccccc3Oc3ccccc32)CC1. The van der Waals surface area contributed by atoms with Crippen molar-refractivity contribution in [1.82, 2.24) is 9.80 Å². The van der Waals surface area contributed by atoms with Crippen molar-refractivity contribution in [2.75, 3.05) is 32.8 Å². The van der Waals surface area contributed by atoms with E-state index in [0.717, 1.165) is 24.6 Å². The van der Waals surface area contributed by atoms with E-state index in [9.17, 15) is 4.79 Å². The molecule has 0 spiro atoms. The van der Waals surface area contributed by atoms with Crippen LogP contribution >= 0.6 is 0 Å². The summed E-state index contributed by atoms with van der Waals surface area (Å²) < 4.78 is 11.2. The Labute approximate surface area is 147 Å². The minimum Gasteiger partial charge on any atom is -0.457 e. The average Bonchev–Trinajstić information content (AvgIpc) is 2.66. The number of carbonyl (C=O) groups is 1. The molecule has 2 aromatic rings. The minimum absolute atomic E-state index is 0.158. The van der Waals surface area contributed by atoms with Gasteiger partial charge in [0.1, 0.15) is 11.5 Å². The maximum Gasteiger partial charge on any atom is 0.409 e. The van der Waals surface area contributed by atoms with Gasteiger partial charge < -0.3 is 14.4 Å². The molecule has 0 radical (unpaired) electrons. The highest BCUT2D eigenvalue weighted by Gasteiger charge is 2.34. The lowest BCUT2D eigenvalue weighted by atomic mass is 9.92. The van der Waals surface area contributed by atoms with Crippen molar-refractivity contribution in [3.05, 3.63) is 59.7 Å². The summed E-state index contributed by atoms with van der Waals surface area (Å²) in [5.74, 6) is 1.83. The van der Waals surface area contributed by atoms with Gasteiger partial charge in [0.25, 0.3) is 0 Å². The molecule has 0 atom stereocenters. The first-order valence-corrected chi connectivity index (χ1v) is 8.79. The van der Waals surface area contributed by atoms with E-state index in [4.69, 9.17) is 9.47 Å². The van der Waals surface area contributed by atoms with Gasteiger partial charge in [0.15, 0.2) is 0 Å². The molecule has 25 heavy (non-hydrogen) atoms. The first-order chi connectivity index (χ1) is 12.3. The summed E-state index contributed by atoms with van der Waals surface area (Å²) in [4.78, 5) is 16.2. The second-order valence-electron chi connectivity index (χ2n) is 6.30. The Morgan fingerprint density at radius 2 is 1.56 bits per heavy atom. The number of para-hydroxylation sites is 2. The Morgan fingerprint density at radius 1 is 1.00 bits per heavy atom. The molecule has 5 nitrogen and oxygen atoms in total. The fourth-order valence-corrected chi connectivity index (χ4v) is 3.66. The molecule has 0 bridgehead atoms. The predicted octanol–water partition coefficient (Wildman–Crippen LogP) is 3.66. The molecule has 2 aliphatic rings. The van der Waals surface area contributed by atoms with Gasteiger partial charge in [0, 0.05) is 37.3 Å². The second-order valence-corrected chi connectivity index (χ2v) is 6.30. The second kappa shape index (κ2) is 6.76. The molecule has 5 heteroatoms. The highest BCUT2D eigenvalue weighted by molar-refractivity contribution is 5.67. The van der Waals surface area contributed by atoms with Crippen LogP contribution in [0.2, 0.25) is 0 Å². The lowest BCUT2D eigenvalue weighted by Gasteiger charge is -2.41. The number of hydrogen-bond acceptors (Lipinski definition) is 4. The van der Waals surface area contributed by atoms with E-state index in [1.54, 1.807) is 4.90 Å². The Bertz CT molecular complexity index is 724. The quantitative estimate of drug-likeness (QED) is 0.838. The first-order valence-electron chi connectivity index (χ1n) is 8.79. The Balaban J connectivity index is 1.60. The largest absolute Gasteiger partial charge is 0.457 e. The van der Waals surface area contributed by atoms with Gasteiger partial charge in [-0.15, -0.1) is 0 Å². The molecule has 0 unspecified atom stereocenters. The summed E-state index contributed by atoms with van der Waals surface area (Å²) in [6.07, 6.45) is -0.213. The summed E-state index contributed by atoms with van der Waals surface area (Å²) in [7, 11) is 0. The van der Waals surface area contributed by atoms with Crippen LogP contribution in [-0.4, -0.2) is 48.7 Å². The van der Waals surface area contributed by atoms with Crippen LogP contribution in [0.5, 0.6) is 11.5 Å². The van der Waals surface area contributed by atoms with Crippen LogP contribution in [0.25, 0.3) is 0 Å². The van der Waals surface area contributed by atoms with Gasteiger partial charge in [0.2, 0.25) is 0 Å². The van der Waals surface area contributed by atoms with Gasteiger partial charge >= 0.3 is 6.09 Å². The number of hydrogen-bond donors (Lipinski definition) is 0. The molecule has 2 aliphatic heterocycles. The van der Waals surface area contributed by atoms with Crippen molar-refractivity contribution in [3.8, 4) is 11.5 Å². The number of ether oxygens (including phenoxy) is 2. The fraction of sp³-hybridized carbons (Fsp3) is 0.350. The molecule has 130 valence electrons. The van der Waals surface area contributed by atoms with E-state index in [1.807, 2.05) is 31.2 Å². The first kappa shape index (κ1) is 16.0. The smallest absolute Gasteiger partial charge is 0.409 e. The third kappa shape index (κ3) is 2.96. The lowest BCUT2D eigenvalue weighted by molar-refractivity contribution is 0.0701. The summed E-state index contributed by atoms with van der Waals surface area (Å²) in [6, 6.07) is 16.6. The summed E-state index contributed by atoms with van der Waals surface area (Å²) >= 11 is 0. The van der Waals surface area contributed by atoms with Crippen molar-refractivity contribution in [1.29, 1.82) is 0 Å². The van der Waals surface area contributed by atoms with E-state index in [0.29, 0.717) is 19.7 Å². The van der Waals surface area contributed by atoms with Gasteiger partial charge in [0.05, 0.1) is 12.6 Å². The van der Waals surface area contributed by atoms with Crippen molar-refractivity contribution >= 4 is 6.09 Å². The molecular weight excluding hydrogens is 316 g/mol. The molecule has 1 amide bonds. The molecule has 0 saturated carbocycles. The van der Waals surface area contributed by atoms with E-state index < -0.39 is 0 Å². The Morgan fingerprint density at radius 3 is 2.12 bits per heavy atom. The fourth-order valence-electron chi connectivity index (χ4n) is 3.66. The van der Waals surface area contributed by atoms with Crippen molar-refractivity contribution in [3.63, 3.8) is 0 Å². The standard InChI is InChI=1S/C20H22N2O3/c1-2-24-20(23)22-13-11-21(12-14-22)19-15-7-3-5-9-17(15)25-18-10-6-4-8-16(18)19/h3-10,19H,2,11-14H2,1H3. The van der Waals surface area contributed by atoms with Gasteiger partial charge in [-0.1, -0.05) is 36.4 Å². The Hall–Kier alpha value is -2.53. The van der Waals surface area contributed by atoms with Crippen LogP contribution in [0.1, 0.15) is 24.1 Å². The normalized spacial score (nSPS) is 17.4. The molecule has 1 fully saturated rings. The monoisotopic (exact) mass is 338 g/mol. The topological polar surface area (TPSA) is 42.0 Å². The lowest BCUT2D eigenvalue weighted by Crippen LogP contribution is -2.50. The van der Waals surface area contributed by atoms with Gasteiger partial charge in [-0.25, -0.2) is 4.79 Å². The zero-order valence-electron chi connectivity index (χ0n) is 14.4. The molecule has 2 aromatic carbocycles. The van der Waals surface area contributed by atoms with Gasteiger partial charge in [-0.05, 0) is 19.1 Å². The zero-order chi connectivity index (χ0) is 17.2. The van der Waals surface area contributed by atoms with Crippen LogP contribution in [0.15, 0.2) is 48.5 Å². The number of amides is 1. The zero-order valence-corrected chi connectivity index (χ0v) is 14.4. The molecular formula is C20H22N2O3. The van der Waals surface area contributed by atoms with Crippen molar-refractivity contribution in [2.24, 2.45) is 0 Å². The number of benzene rings is 2. The van der Waals surface area contributed by atoms with Crippen LogP contribution in [-0.2, 0) is 4.74 Å². The average molecular weight is 338 g/mol. The number of nitrogens with zero attached hydrogens (tertiary/aromatic N) is 2. The maximum atomic E-state index is 11.9.